The van der Waals surface area contributed by atoms with Crippen molar-refractivity contribution < 1.29 is 30.7 Å². The van der Waals surface area contributed by atoms with Crippen molar-refractivity contribution in [2.75, 3.05) is 30.4 Å². The lowest BCUT2D eigenvalue weighted by Gasteiger charge is -2.32. The van der Waals surface area contributed by atoms with E-state index in [9.17, 15) is 25.9 Å². The number of morpholine rings is 1. The first-order valence-corrected chi connectivity index (χ1v) is 15.5. The highest BCUT2D eigenvalue weighted by Crippen LogP contribution is 2.30. The Morgan fingerprint density at radius 3 is 2.33 bits per heavy atom. The van der Waals surface area contributed by atoms with E-state index < -0.39 is 31.2 Å². The van der Waals surface area contributed by atoms with Crippen LogP contribution in [0.25, 0.3) is 12.2 Å². The molecule has 0 bridgehead atoms. The van der Waals surface area contributed by atoms with Crippen LogP contribution < -0.4 is 10.7 Å². The van der Waals surface area contributed by atoms with E-state index in [4.69, 9.17) is 4.74 Å². The highest BCUT2D eigenvalue weighted by molar-refractivity contribution is 7.86. The molecule has 3 aromatic carbocycles. The molecule has 4 aromatic rings. The lowest BCUT2D eigenvalue weighted by Crippen LogP contribution is -2.42. The van der Waals surface area contributed by atoms with Crippen LogP contribution in [0.5, 0.6) is 0 Å². The Bertz CT molecular complexity index is 1820. The van der Waals surface area contributed by atoms with Gasteiger partial charge in [0.25, 0.3) is 20.2 Å². The minimum Gasteiger partial charge on any atom is -0.367 e. The molecule has 218 valence electrons. The highest BCUT2D eigenvalue weighted by Gasteiger charge is 2.26. The topological polar surface area (TPSA) is 184 Å². The molecule has 2 heterocycles. The van der Waals surface area contributed by atoms with Gasteiger partial charge in [-0.2, -0.15) is 21.8 Å². The van der Waals surface area contributed by atoms with Gasteiger partial charge in [0.1, 0.15) is 22.2 Å². The molecule has 1 aromatic heterocycles. The molecule has 1 aliphatic heterocycles. The van der Waals surface area contributed by atoms with E-state index in [1.165, 1.54) is 54.9 Å². The van der Waals surface area contributed by atoms with Gasteiger partial charge in [-0.15, -0.1) is 0 Å². The third kappa shape index (κ3) is 7.14. The molecule has 1 saturated heterocycles. The monoisotopic (exact) mass is 610 g/mol. The van der Waals surface area contributed by atoms with Gasteiger partial charge in [0, 0.05) is 12.2 Å². The van der Waals surface area contributed by atoms with Crippen LogP contribution in [0.4, 0.5) is 17.3 Å². The summed E-state index contributed by atoms with van der Waals surface area (Å²) in [5, 5.41) is 4.81. The van der Waals surface area contributed by atoms with Gasteiger partial charge in [-0.25, -0.2) is 15.0 Å². The maximum Gasteiger partial charge on any atom is 0.297 e. The van der Waals surface area contributed by atoms with Gasteiger partial charge in [-0.1, -0.05) is 60.7 Å². The van der Waals surface area contributed by atoms with Crippen molar-refractivity contribution in [3.63, 3.8) is 0 Å². The number of rotatable bonds is 9. The Kier molecular flexibility index (Phi) is 8.58. The molecule has 15 heteroatoms. The molecule has 13 nitrogen and oxygen atoms in total. The second-order valence-corrected chi connectivity index (χ2v) is 11.9. The zero-order valence-corrected chi connectivity index (χ0v) is 23.5. The Labute approximate surface area is 242 Å². The fourth-order valence-electron chi connectivity index (χ4n) is 4.35. The van der Waals surface area contributed by atoms with E-state index in [-0.39, 0.29) is 27.7 Å². The molecular formula is C27H26N6O7S2. The molecule has 0 radical (unpaired) electrons. The summed E-state index contributed by atoms with van der Waals surface area (Å²) in [7, 11) is -9.32. The Hall–Kier alpha value is -4.25. The predicted molar refractivity (Wildman–Crippen MR) is 155 cm³/mol. The highest BCUT2D eigenvalue weighted by atomic mass is 32.2. The number of ether oxygens (including phenoxy) is 1. The second kappa shape index (κ2) is 12.3. The van der Waals surface area contributed by atoms with E-state index in [0.29, 0.717) is 25.5 Å². The summed E-state index contributed by atoms with van der Waals surface area (Å²) in [6.45, 7) is 1.48. The average Bonchev–Trinajstić information content (AvgIpc) is 2.96. The normalized spacial score (nSPS) is 16.4. The van der Waals surface area contributed by atoms with Crippen LogP contribution in [-0.2, 0) is 25.0 Å². The van der Waals surface area contributed by atoms with Crippen LogP contribution in [0.1, 0.15) is 23.1 Å². The minimum absolute atomic E-state index is 0.0134. The van der Waals surface area contributed by atoms with E-state index >= 15 is 0 Å². The molecule has 1 aliphatic rings. The molecule has 1 atom stereocenters. The minimum atomic E-state index is -4.79. The maximum atomic E-state index is 12.5. The van der Waals surface area contributed by atoms with Crippen molar-refractivity contribution >= 4 is 49.7 Å². The van der Waals surface area contributed by atoms with E-state index in [1.54, 1.807) is 6.07 Å². The quantitative estimate of drug-likeness (QED) is 0.159. The zero-order valence-electron chi connectivity index (χ0n) is 21.9. The lowest BCUT2D eigenvalue weighted by atomic mass is 10.1. The number of hydrogen-bond donors (Lipinski definition) is 4. The van der Waals surface area contributed by atoms with Crippen LogP contribution >= 0.6 is 0 Å². The first kappa shape index (κ1) is 29.2. The fourth-order valence-corrected chi connectivity index (χ4v) is 5.87. The predicted octanol–water partition coefficient (Wildman–Crippen LogP) is 3.68. The summed E-state index contributed by atoms with van der Waals surface area (Å²) in [4.78, 5) is 11.9. The van der Waals surface area contributed by atoms with E-state index in [0.717, 1.165) is 5.69 Å². The van der Waals surface area contributed by atoms with Gasteiger partial charge in [0.2, 0.25) is 5.95 Å². The van der Waals surface area contributed by atoms with Crippen LogP contribution in [-0.4, -0.2) is 65.6 Å². The molecule has 0 amide bonds. The van der Waals surface area contributed by atoms with Gasteiger partial charge >= 0.3 is 0 Å². The van der Waals surface area contributed by atoms with Gasteiger partial charge in [-0.3, -0.25) is 9.11 Å². The smallest absolute Gasteiger partial charge is 0.297 e. The summed E-state index contributed by atoms with van der Waals surface area (Å²) < 4.78 is 73.9. The van der Waals surface area contributed by atoms with Crippen molar-refractivity contribution in [1.29, 1.82) is 0 Å². The third-order valence-electron chi connectivity index (χ3n) is 6.20. The first-order chi connectivity index (χ1) is 20.1. The molecular weight excluding hydrogens is 584 g/mol. The third-order valence-corrected chi connectivity index (χ3v) is 8.09. The van der Waals surface area contributed by atoms with Crippen molar-refractivity contribution in [3.05, 3.63) is 96.1 Å². The molecule has 42 heavy (non-hydrogen) atoms. The Morgan fingerprint density at radius 2 is 1.57 bits per heavy atom. The molecule has 4 N–H and O–H groups in total. The van der Waals surface area contributed by atoms with Gasteiger partial charge in [-0.05, 0) is 35.4 Å². The van der Waals surface area contributed by atoms with Crippen molar-refractivity contribution in [2.24, 2.45) is 0 Å². The van der Waals surface area contributed by atoms with Crippen LogP contribution in [0.3, 0.4) is 0 Å². The standard InChI is InChI=1S/C27H26N6O7S2/c34-41(35,36)24-12-5-4-7-19(24)13-14-20-8-6-11-22(25(20)42(37,38)39)30-27-29-18-28-26(31-27)23-17-33(15-16-40-23)32-21-9-2-1-3-10-21/h1-14,18,23,32H,15-17H2,(H,34,35,36)(H,37,38,39)(H,28,29,30,31). The molecule has 0 saturated carbocycles. The first-order valence-electron chi connectivity index (χ1n) is 12.6. The zero-order chi connectivity index (χ0) is 29.7. The number of hydrogen-bond acceptors (Lipinski definition) is 11. The van der Waals surface area contributed by atoms with Crippen molar-refractivity contribution in [2.45, 2.75) is 15.9 Å². The van der Waals surface area contributed by atoms with E-state index in [1.807, 2.05) is 35.3 Å². The average molecular weight is 611 g/mol. The molecule has 0 spiro atoms. The number of hydrazine groups is 1. The fraction of sp³-hybridized carbons (Fsp3) is 0.148. The van der Waals surface area contributed by atoms with Crippen LogP contribution in [0.15, 0.2) is 88.9 Å². The molecule has 1 fully saturated rings. The van der Waals surface area contributed by atoms with Crippen LogP contribution in [0, 0.1) is 0 Å². The Morgan fingerprint density at radius 1 is 0.857 bits per heavy atom. The number of benzene rings is 3. The SMILES string of the molecule is O=S(=O)(O)c1ccccc1C=Cc1cccc(Nc2ncnc(C3CN(Nc4ccccc4)CCO3)n2)c1S(=O)(=O)O. The van der Waals surface area contributed by atoms with Gasteiger partial charge in [0.15, 0.2) is 5.82 Å². The van der Waals surface area contributed by atoms with Crippen molar-refractivity contribution in [1.82, 2.24) is 20.0 Å². The molecule has 5 rings (SSSR count). The summed E-state index contributed by atoms with van der Waals surface area (Å²) in [6.07, 6.45) is 3.38. The number of para-hydroxylation sites is 1. The number of aromatic nitrogens is 3. The van der Waals surface area contributed by atoms with Crippen molar-refractivity contribution in [3.8, 4) is 0 Å². The van der Waals surface area contributed by atoms with Gasteiger partial charge in [0.05, 0.1) is 18.8 Å². The van der Waals surface area contributed by atoms with Crippen LogP contribution in [0.2, 0.25) is 0 Å². The van der Waals surface area contributed by atoms with Gasteiger partial charge < -0.3 is 15.5 Å². The lowest BCUT2D eigenvalue weighted by molar-refractivity contribution is -0.0259. The maximum absolute atomic E-state index is 12.5. The second-order valence-electron chi connectivity index (χ2n) is 9.12. The largest absolute Gasteiger partial charge is 0.367 e. The number of anilines is 3. The summed E-state index contributed by atoms with van der Waals surface area (Å²) in [6, 6.07) is 19.7. The van der Waals surface area contributed by atoms with E-state index in [2.05, 4.69) is 25.7 Å². The summed E-state index contributed by atoms with van der Waals surface area (Å²) >= 11 is 0. The number of nitrogens with zero attached hydrogens (tertiary/aromatic N) is 4. The molecule has 0 aliphatic carbocycles. The number of nitrogens with one attached hydrogen (secondary N) is 2. The molecule has 1 unspecified atom stereocenters. The Balaban J connectivity index is 1.40. The summed E-state index contributed by atoms with van der Waals surface area (Å²) in [5.41, 5.74) is 4.37. The summed E-state index contributed by atoms with van der Waals surface area (Å²) in [5.74, 6) is 0.331.